The molecule has 0 unspecified atom stereocenters. The third kappa shape index (κ3) is 1.46. The first kappa shape index (κ1) is 8.74. The van der Waals surface area contributed by atoms with E-state index in [4.69, 9.17) is 0 Å². The molecule has 0 aliphatic carbocycles. The van der Waals surface area contributed by atoms with Gasteiger partial charge in [-0.1, -0.05) is 4.68 Å². The van der Waals surface area contributed by atoms with Gasteiger partial charge in [0.15, 0.2) is 13.4 Å². The first-order chi connectivity index (χ1) is 6.79. The monoisotopic (exact) mass is 187 g/mol. The molecule has 0 fully saturated rings. The van der Waals surface area contributed by atoms with Crippen LogP contribution in [0, 0.1) is 6.92 Å². The van der Waals surface area contributed by atoms with E-state index in [1.54, 1.807) is 17.1 Å². The standard InChI is InChI=1S/C10H11N4/c1-8-3-4-11-5-9(8)10-6-12-7-13-14(10)2/h3-7H,1-2H3/q+1. The zero-order valence-corrected chi connectivity index (χ0v) is 8.18. The minimum absolute atomic E-state index is 0.970. The van der Waals surface area contributed by atoms with E-state index >= 15 is 0 Å². The van der Waals surface area contributed by atoms with Crippen LogP contribution in [0.5, 0.6) is 0 Å². The number of pyridine rings is 1. The lowest BCUT2D eigenvalue weighted by molar-refractivity contribution is -0.721. The molecule has 0 aromatic carbocycles. The maximum absolute atomic E-state index is 4.09. The van der Waals surface area contributed by atoms with Crippen molar-refractivity contribution in [3.05, 3.63) is 36.5 Å². The summed E-state index contributed by atoms with van der Waals surface area (Å²) in [4.78, 5) is 8.10. The Labute approximate surface area is 82.3 Å². The third-order valence-electron chi connectivity index (χ3n) is 2.15. The minimum atomic E-state index is 0.970. The quantitative estimate of drug-likeness (QED) is 0.616. The molecule has 0 spiro atoms. The summed E-state index contributed by atoms with van der Waals surface area (Å²) in [6.07, 6.45) is 6.92. The summed E-state index contributed by atoms with van der Waals surface area (Å²) in [5, 5.41) is 4.07. The zero-order chi connectivity index (χ0) is 9.97. The van der Waals surface area contributed by atoms with Crippen molar-refractivity contribution < 1.29 is 4.68 Å². The largest absolute Gasteiger partial charge is 0.264 e. The van der Waals surface area contributed by atoms with Crippen molar-refractivity contribution in [3.63, 3.8) is 0 Å². The van der Waals surface area contributed by atoms with Crippen LogP contribution < -0.4 is 4.68 Å². The van der Waals surface area contributed by atoms with Crippen LogP contribution in [0.25, 0.3) is 11.3 Å². The molecule has 0 bridgehead atoms. The van der Waals surface area contributed by atoms with Crippen LogP contribution in [-0.2, 0) is 7.05 Å². The van der Waals surface area contributed by atoms with Gasteiger partial charge in [0.05, 0.1) is 5.56 Å². The molecule has 2 heterocycles. The Kier molecular flexibility index (Phi) is 2.18. The van der Waals surface area contributed by atoms with Crippen molar-refractivity contribution in [2.75, 3.05) is 0 Å². The van der Waals surface area contributed by atoms with Crippen LogP contribution in [0.1, 0.15) is 5.56 Å². The summed E-state index contributed by atoms with van der Waals surface area (Å²) in [6.45, 7) is 2.05. The lowest BCUT2D eigenvalue weighted by atomic mass is 10.1. The highest BCUT2D eigenvalue weighted by Gasteiger charge is 2.12. The molecule has 2 rings (SSSR count). The molecule has 14 heavy (non-hydrogen) atoms. The molecule has 4 nitrogen and oxygen atoms in total. The Balaban J connectivity index is 2.61. The number of aromatic nitrogens is 4. The predicted octanol–water partition coefficient (Wildman–Crippen LogP) is 0.672. The van der Waals surface area contributed by atoms with Gasteiger partial charge in [-0.3, -0.25) is 4.98 Å². The average molecular weight is 187 g/mol. The summed E-state index contributed by atoms with van der Waals surface area (Å²) in [6, 6.07) is 1.97. The fourth-order valence-electron chi connectivity index (χ4n) is 1.33. The van der Waals surface area contributed by atoms with Crippen LogP contribution in [0.3, 0.4) is 0 Å². The second-order valence-electron chi connectivity index (χ2n) is 3.11. The molecule has 0 saturated carbocycles. The summed E-state index contributed by atoms with van der Waals surface area (Å²) in [5.74, 6) is 0. The molecule has 0 atom stereocenters. The van der Waals surface area contributed by atoms with Crippen molar-refractivity contribution in [2.45, 2.75) is 6.92 Å². The summed E-state index contributed by atoms with van der Waals surface area (Å²) in [5.41, 5.74) is 3.21. The Morgan fingerprint density at radius 2 is 2.07 bits per heavy atom. The predicted molar refractivity (Wildman–Crippen MR) is 51.2 cm³/mol. The Morgan fingerprint density at radius 1 is 1.21 bits per heavy atom. The number of aryl methyl sites for hydroxylation is 2. The van der Waals surface area contributed by atoms with Gasteiger partial charge >= 0.3 is 0 Å². The van der Waals surface area contributed by atoms with Gasteiger partial charge in [-0.15, -0.1) is 0 Å². The van der Waals surface area contributed by atoms with Gasteiger partial charge in [0.1, 0.15) is 6.20 Å². The van der Waals surface area contributed by atoms with E-state index in [2.05, 4.69) is 15.1 Å². The molecule has 0 N–H and O–H groups in total. The number of rotatable bonds is 1. The van der Waals surface area contributed by atoms with Crippen LogP contribution in [0.15, 0.2) is 31.0 Å². The normalized spacial score (nSPS) is 10.1. The second-order valence-corrected chi connectivity index (χ2v) is 3.11. The summed E-state index contributed by atoms with van der Waals surface area (Å²) in [7, 11) is 1.89. The van der Waals surface area contributed by atoms with Gasteiger partial charge in [0.2, 0.25) is 0 Å². The summed E-state index contributed by atoms with van der Waals surface area (Å²) < 4.78 is 1.79. The van der Waals surface area contributed by atoms with Gasteiger partial charge in [0.25, 0.3) is 5.69 Å². The lowest BCUT2D eigenvalue weighted by Gasteiger charge is -1.99. The van der Waals surface area contributed by atoms with E-state index in [0.717, 1.165) is 11.3 Å². The number of nitrogens with zero attached hydrogens (tertiary/aromatic N) is 4. The number of hydrogen-bond acceptors (Lipinski definition) is 3. The Hall–Kier alpha value is -1.84. The molecule has 0 aliphatic rings. The highest BCUT2D eigenvalue weighted by Crippen LogP contribution is 2.16. The zero-order valence-electron chi connectivity index (χ0n) is 8.18. The summed E-state index contributed by atoms with van der Waals surface area (Å²) >= 11 is 0. The molecule has 4 heteroatoms. The molecular weight excluding hydrogens is 176 g/mol. The van der Waals surface area contributed by atoms with Crippen molar-refractivity contribution in [3.8, 4) is 11.3 Å². The minimum Gasteiger partial charge on any atom is -0.264 e. The fourth-order valence-corrected chi connectivity index (χ4v) is 1.33. The van der Waals surface area contributed by atoms with E-state index in [9.17, 15) is 0 Å². The van der Waals surface area contributed by atoms with Crippen LogP contribution >= 0.6 is 0 Å². The fraction of sp³-hybridized carbons (Fsp3) is 0.200. The van der Waals surface area contributed by atoms with Crippen molar-refractivity contribution in [1.29, 1.82) is 0 Å². The third-order valence-corrected chi connectivity index (χ3v) is 2.15. The highest BCUT2D eigenvalue weighted by atomic mass is 15.3. The van der Waals surface area contributed by atoms with E-state index in [1.807, 2.05) is 26.2 Å². The molecule has 70 valence electrons. The van der Waals surface area contributed by atoms with Crippen LogP contribution in [0.4, 0.5) is 0 Å². The first-order valence-corrected chi connectivity index (χ1v) is 4.36. The Morgan fingerprint density at radius 3 is 2.79 bits per heavy atom. The molecule has 2 aromatic rings. The lowest BCUT2D eigenvalue weighted by Crippen LogP contribution is -2.35. The molecule has 0 aliphatic heterocycles. The van der Waals surface area contributed by atoms with E-state index in [0.29, 0.717) is 0 Å². The first-order valence-electron chi connectivity index (χ1n) is 4.36. The van der Waals surface area contributed by atoms with E-state index in [-0.39, 0.29) is 0 Å². The van der Waals surface area contributed by atoms with Gasteiger partial charge in [-0.05, 0) is 18.6 Å². The van der Waals surface area contributed by atoms with Gasteiger partial charge < -0.3 is 0 Å². The molecule has 2 aromatic heterocycles. The van der Waals surface area contributed by atoms with Crippen LogP contribution in [0.2, 0.25) is 0 Å². The van der Waals surface area contributed by atoms with Crippen molar-refractivity contribution >= 4 is 0 Å². The SMILES string of the molecule is Cc1ccncc1-c1cncn[n+]1C. The topological polar surface area (TPSA) is 42.6 Å². The maximum atomic E-state index is 4.09. The van der Waals surface area contributed by atoms with Crippen molar-refractivity contribution in [1.82, 2.24) is 15.1 Å². The van der Waals surface area contributed by atoms with Gasteiger partial charge in [-0.2, -0.15) is 0 Å². The van der Waals surface area contributed by atoms with E-state index < -0.39 is 0 Å². The second kappa shape index (κ2) is 3.49. The molecule has 0 saturated heterocycles. The average Bonchev–Trinajstić information content (AvgIpc) is 2.20. The smallest absolute Gasteiger partial charge is 0.258 e. The highest BCUT2D eigenvalue weighted by molar-refractivity contribution is 5.57. The van der Waals surface area contributed by atoms with Crippen LogP contribution in [-0.4, -0.2) is 15.1 Å². The van der Waals surface area contributed by atoms with Gasteiger partial charge in [0, 0.05) is 17.5 Å². The molecule has 0 amide bonds. The Bertz CT molecular complexity index is 410. The van der Waals surface area contributed by atoms with Gasteiger partial charge in [-0.25, -0.2) is 4.98 Å². The van der Waals surface area contributed by atoms with Crippen molar-refractivity contribution in [2.24, 2.45) is 7.05 Å². The molecular formula is C10H11N4+. The molecule has 0 radical (unpaired) electrons. The maximum Gasteiger partial charge on any atom is 0.258 e. The number of hydrogen-bond donors (Lipinski definition) is 0. The van der Waals surface area contributed by atoms with E-state index in [1.165, 1.54) is 11.9 Å².